The first kappa shape index (κ1) is 11.1. The molecular formula is C13H14FN3O. The fourth-order valence-electron chi connectivity index (χ4n) is 2.36. The second-order valence-electron chi connectivity index (χ2n) is 4.29. The van der Waals surface area contributed by atoms with E-state index in [1.165, 1.54) is 13.2 Å². The van der Waals surface area contributed by atoms with Crippen molar-refractivity contribution in [2.45, 2.75) is 12.5 Å². The van der Waals surface area contributed by atoms with Crippen LogP contribution >= 0.6 is 0 Å². The van der Waals surface area contributed by atoms with Gasteiger partial charge >= 0.3 is 0 Å². The summed E-state index contributed by atoms with van der Waals surface area (Å²) in [4.78, 5) is 0. The average Bonchev–Trinajstić information content (AvgIpc) is 2.86. The first-order valence-electron chi connectivity index (χ1n) is 5.90. The average molecular weight is 247 g/mol. The van der Waals surface area contributed by atoms with E-state index in [2.05, 4.69) is 10.4 Å². The fraction of sp³-hybridized carbons (Fsp3) is 0.308. The molecule has 1 atom stereocenters. The van der Waals surface area contributed by atoms with E-state index in [4.69, 9.17) is 4.74 Å². The van der Waals surface area contributed by atoms with Gasteiger partial charge in [0, 0.05) is 12.6 Å². The molecule has 1 unspecified atom stereocenters. The number of rotatable bonds is 2. The minimum absolute atomic E-state index is 0.0802. The lowest BCUT2D eigenvalue weighted by molar-refractivity contribution is 0.384. The Morgan fingerprint density at radius 1 is 1.44 bits per heavy atom. The van der Waals surface area contributed by atoms with E-state index in [0.29, 0.717) is 0 Å². The molecule has 0 fully saturated rings. The van der Waals surface area contributed by atoms with Crippen LogP contribution in [0.3, 0.4) is 0 Å². The molecule has 0 saturated heterocycles. The van der Waals surface area contributed by atoms with Gasteiger partial charge in [-0.1, -0.05) is 6.07 Å². The van der Waals surface area contributed by atoms with Crippen LogP contribution in [0.15, 0.2) is 30.5 Å². The molecule has 0 amide bonds. The number of aromatic nitrogens is 2. The lowest BCUT2D eigenvalue weighted by Crippen LogP contribution is -2.24. The Bertz CT molecular complexity index is 567. The predicted octanol–water partition coefficient (Wildman–Crippen LogP) is 2.44. The number of halogens is 1. The monoisotopic (exact) mass is 247 g/mol. The zero-order chi connectivity index (χ0) is 12.5. The number of ether oxygens (including phenoxy) is 1. The highest BCUT2D eigenvalue weighted by molar-refractivity contribution is 5.40. The maximum atomic E-state index is 13.7. The summed E-state index contributed by atoms with van der Waals surface area (Å²) in [5.74, 6) is 0.915. The van der Waals surface area contributed by atoms with Gasteiger partial charge in [-0.3, -0.25) is 0 Å². The summed E-state index contributed by atoms with van der Waals surface area (Å²) in [5, 5.41) is 7.55. The van der Waals surface area contributed by atoms with Gasteiger partial charge in [-0.25, -0.2) is 9.07 Å². The molecule has 0 radical (unpaired) electrons. The molecule has 1 aromatic carbocycles. The van der Waals surface area contributed by atoms with Crippen molar-refractivity contribution in [2.24, 2.45) is 0 Å². The number of benzene rings is 1. The minimum Gasteiger partial charge on any atom is -0.494 e. The van der Waals surface area contributed by atoms with E-state index in [1.807, 2.05) is 16.8 Å². The first-order chi connectivity index (χ1) is 8.79. The fourth-order valence-corrected chi connectivity index (χ4v) is 2.36. The lowest BCUT2D eigenvalue weighted by atomic mass is 10.0. The number of hydrogen-bond acceptors (Lipinski definition) is 3. The molecule has 0 bridgehead atoms. The predicted molar refractivity (Wildman–Crippen MR) is 66.4 cm³/mol. The molecule has 94 valence electrons. The molecule has 0 saturated carbocycles. The van der Waals surface area contributed by atoms with Crippen LogP contribution in [0, 0.1) is 5.82 Å². The van der Waals surface area contributed by atoms with Crippen molar-refractivity contribution >= 4 is 5.82 Å². The van der Waals surface area contributed by atoms with Crippen LogP contribution < -0.4 is 10.1 Å². The zero-order valence-electron chi connectivity index (χ0n) is 10.1. The van der Waals surface area contributed by atoms with Crippen LogP contribution in [0.4, 0.5) is 10.2 Å². The highest BCUT2D eigenvalue weighted by Crippen LogP contribution is 2.30. The molecule has 0 aliphatic carbocycles. The van der Waals surface area contributed by atoms with Gasteiger partial charge in [0.05, 0.1) is 19.3 Å². The van der Waals surface area contributed by atoms with Crippen molar-refractivity contribution in [2.75, 3.05) is 19.0 Å². The van der Waals surface area contributed by atoms with Crippen molar-refractivity contribution in [1.82, 2.24) is 9.78 Å². The Morgan fingerprint density at radius 3 is 3.11 bits per heavy atom. The quantitative estimate of drug-likeness (QED) is 0.886. The van der Waals surface area contributed by atoms with E-state index in [9.17, 15) is 4.39 Å². The Hall–Kier alpha value is -2.04. The van der Waals surface area contributed by atoms with Crippen molar-refractivity contribution in [3.8, 4) is 5.75 Å². The zero-order valence-corrected chi connectivity index (χ0v) is 10.1. The third-order valence-electron chi connectivity index (χ3n) is 3.25. The minimum atomic E-state index is -0.331. The van der Waals surface area contributed by atoms with E-state index >= 15 is 0 Å². The molecule has 2 aromatic rings. The second-order valence-corrected chi connectivity index (χ2v) is 4.29. The summed E-state index contributed by atoms with van der Waals surface area (Å²) < 4.78 is 20.6. The second kappa shape index (κ2) is 4.33. The SMILES string of the molecule is COc1ccc(C2CCNc3ccnn32)cc1F. The van der Waals surface area contributed by atoms with E-state index < -0.39 is 0 Å². The lowest BCUT2D eigenvalue weighted by Gasteiger charge is -2.26. The number of nitrogens with zero attached hydrogens (tertiary/aromatic N) is 2. The van der Waals surface area contributed by atoms with Gasteiger partial charge in [-0.05, 0) is 24.1 Å². The van der Waals surface area contributed by atoms with Crippen LogP contribution in [0.25, 0.3) is 0 Å². The molecule has 5 heteroatoms. The Labute approximate surface area is 104 Å². The molecule has 2 heterocycles. The molecule has 18 heavy (non-hydrogen) atoms. The van der Waals surface area contributed by atoms with Crippen LogP contribution in [0.2, 0.25) is 0 Å². The number of anilines is 1. The van der Waals surface area contributed by atoms with Crippen LogP contribution in [0.1, 0.15) is 18.0 Å². The number of methoxy groups -OCH3 is 1. The highest BCUT2D eigenvalue weighted by atomic mass is 19.1. The maximum absolute atomic E-state index is 13.7. The highest BCUT2D eigenvalue weighted by Gasteiger charge is 2.22. The molecule has 3 rings (SSSR count). The van der Waals surface area contributed by atoms with Gasteiger partial charge < -0.3 is 10.1 Å². The standard InChI is InChI=1S/C13H14FN3O/c1-18-12-3-2-9(8-10(12)14)11-4-6-15-13-5-7-16-17(11)13/h2-3,5,7-8,11,15H,4,6H2,1H3. The van der Waals surface area contributed by atoms with Gasteiger partial charge in [0.1, 0.15) is 5.82 Å². The normalized spacial score (nSPS) is 18.0. The van der Waals surface area contributed by atoms with Gasteiger partial charge in [-0.15, -0.1) is 0 Å². The topological polar surface area (TPSA) is 39.1 Å². The van der Waals surface area contributed by atoms with Gasteiger partial charge in [0.2, 0.25) is 0 Å². The maximum Gasteiger partial charge on any atom is 0.165 e. The molecule has 1 aliphatic heterocycles. The largest absolute Gasteiger partial charge is 0.494 e. The van der Waals surface area contributed by atoms with Crippen LogP contribution in [-0.4, -0.2) is 23.4 Å². The summed E-state index contributed by atoms with van der Waals surface area (Å²) in [6, 6.07) is 7.09. The number of nitrogens with one attached hydrogen (secondary N) is 1. The molecule has 1 N–H and O–H groups in total. The summed E-state index contributed by atoms with van der Waals surface area (Å²) in [7, 11) is 1.47. The Kier molecular flexibility index (Phi) is 2.66. The van der Waals surface area contributed by atoms with Gasteiger partial charge in [0.15, 0.2) is 11.6 Å². The summed E-state index contributed by atoms with van der Waals surface area (Å²) in [6.45, 7) is 0.865. The third kappa shape index (κ3) is 1.72. The Morgan fingerprint density at radius 2 is 2.33 bits per heavy atom. The van der Waals surface area contributed by atoms with E-state index in [-0.39, 0.29) is 17.6 Å². The van der Waals surface area contributed by atoms with Crippen LogP contribution in [-0.2, 0) is 0 Å². The molecular weight excluding hydrogens is 233 g/mol. The summed E-state index contributed by atoms with van der Waals surface area (Å²) >= 11 is 0. The van der Waals surface area contributed by atoms with E-state index in [1.54, 1.807) is 12.3 Å². The number of hydrogen-bond donors (Lipinski definition) is 1. The van der Waals surface area contributed by atoms with Crippen molar-refractivity contribution in [3.05, 3.63) is 41.8 Å². The van der Waals surface area contributed by atoms with Crippen LogP contribution in [0.5, 0.6) is 5.75 Å². The molecule has 1 aliphatic rings. The smallest absolute Gasteiger partial charge is 0.165 e. The van der Waals surface area contributed by atoms with E-state index in [0.717, 1.165) is 24.3 Å². The summed E-state index contributed by atoms with van der Waals surface area (Å²) in [5.41, 5.74) is 0.916. The van der Waals surface area contributed by atoms with Crippen molar-refractivity contribution in [1.29, 1.82) is 0 Å². The Balaban J connectivity index is 2.00. The molecule has 4 nitrogen and oxygen atoms in total. The third-order valence-corrected chi connectivity index (χ3v) is 3.25. The number of fused-ring (bicyclic) bond motifs is 1. The molecule has 1 aromatic heterocycles. The van der Waals surface area contributed by atoms with Gasteiger partial charge in [0.25, 0.3) is 0 Å². The summed E-state index contributed by atoms with van der Waals surface area (Å²) in [6.07, 6.45) is 2.64. The first-order valence-corrected chi connectivity index (χ1v) is 5.90. The van der Waals surface area contributed by atoms with Crippen molar-refractivity contribution in [3.63, 3.8) is 0 Å². The molecule has 0 spiro atoms. The van der Waals surface area contributed by atoms with Gasteiger partial charge in [-0.2, -0.15) is 5.10 Å². The van der Waals surface area contributed by atoms with Crippen molar-refractivity contribution < 1.29 is 9.13 Å².